The smallest absolute Gasteiger partial charge is 0.449 e. The lowest BCUT2D eigenvalue weighted by Gasteiger charge is -2.04. The Morgan fingerprint density at radius 2 is 1.88 bits per heavy atom. The van der Waals surface area contributed by atoms with Gasteiger partial charge in [-0.05, 0) is 23.6 Å². The van der Waals surface area contributed by atoms with Crippen LogP contribution >= 0.6 is 0 Å². The molecule has 2 aromatic rings. The average molecular weight is 228 g/mol. The van der Waals surface area contributed by atoms with E-state index in [0.29, 0.717) is 11.0 Å². The minimum atomic E-state index is -4.42. The van der Waals surface area contributed by atoms with Crippen LogP contribution in [0.25, 0.3) is 11.0 Å². The number of fused-ring (bicyclic) bond motifs is 1. The van der Waals surface area contributed by atoms with Crippen LogP contribution < -0.4 is 0 Å². The Morgan fingerprint density at radius 1 is 1.19 bits per heavy atom. The average Bonchev–Trinajstić information content (AvgIpc) is 2.59. The summed E-state index contributed by atoms with van der Waals surface area (Å²) >= 11 is 0. The van der Waals surface area contributed by atoms with Crippen molar-refractivity contribution >= 4 is 11.0 Å². The summed E-state index contributed by atoms with van der Waals surface area (Å²) in [6.45, 7) is 3.88. The van der Waals surface area contributed by atoms with Gasteiger partial charge in [0.25, 0.3) is 0 Å². The number of benzene rings is 1. The molecule has 1 aromatic heterocycles. The predicted molar refractivity (Wildman–Crippen MR) is 55.3 cm³/mol. The van der Waals surface area contributed by atoms with Gasteiger partial charge in [-0.25, -0.2) is 0 Å². The third-order valence-electron chi connectivity index (χ3n) is 2.50. The molecule has 0 spiro atoms. The van der Waals surface area contributed by atoms with Crippen molar-refractivity contribution in [2.75, 3.05) is 0 Å². The van der Waals surface area contributed by atoms with Crippen LogP contribution in [0.5, 0.6) is 0 Å². The molecular weight excluding hydrogens is 217 g/mol. The van der Waals surface area contributed by atoms with Crippen LogP contribution in [0.3, 0.4) is 0 Å². The molecule has 1 heterocycles. The lowest BCUT2D eigenvalue weighted by molar-refractivity contribution is -0.152. The first-order chi connectivity index (χ1) is 7.39. The topological polar surface area (TPSA) is 13.1 Å². The van der Waals surface area contributed by atoms with E-state index in [4.69, 9.17) is 4.42 Å². The lowest BCUT2D eigenvalue weighted by Crippen LogP contribution is -2.01. The molecule has 1 aromatic carbocycles. The molecule has 0 saturated carbocycles. The minimum Gasteiger partial charge on any atom is -0.451 e. The zero-order chi connectivity index (χ0) is 11.9. The van der Waals surface area contributed by atoms with Crippen molar-refractivity contribution in [1.29, 1.82) is 0 Å². The van der Waals surface area contributed by atoms with Crippen LogP contribution in [-0.2, 0) is 6.18 Å². The number of furan rings is 1. The van der Waals surface area contributed by atoms with Crippen LogP contribution in [0.4, 0.5) is 13.2 Å². The first kappa shape index (κ1) is 11.0. The van der Waals surface area contributed by atoms with Crippen molar-refractivity contribution in [2.45, 2.75) is 25.9 Å². The summed E-state index contributed by atoms with van der Waals surface area (Å²) in [7, 11) is 0. The Morgan fingerprint density at radius 3 is 2.44 bits per heavy atom. The zero-order valence-electron chi connectivity index (χ0n) is 8.93. The molecule has 0 aliphatic carbocycles. The Hall–Kier alpha value is -1.45. The Balaban J connectivity index is 2.66. The van der Waals surface area contributed by atoms with E-state index in [1.54, 1.807) is 12.1 Å². The van der Waals surface area contributed by atoms with E-state index in [0.717, 1.165) is 11.6 Å². The van der Waals surface area contributed by atoms with Gasteiger partial charge in [0.2, 0.25) is 5.76 Å². The van der Waals surface area contributed by atoms with Gasteiger partial charge in [0.1, 0.15) is 5.58 Å². The number of hydrogen-bond acceptors (Lipinski definition) is 1. The van der Waals surface area contributed by atoms with Crippen molar-refractivity contribution in [2.24, 2.45) is 0 Å². The molecule has 86 valence electrons. The van der Waals surface area contributed by atoms with E-state index >= 15 is 0 Å². The van der Waals surface area contributed by atoms with Crippen LogP contribution in [0.15, 0.2) is 28.7 Å². The van der Waals surface area contributed by atoms with Crippen molar-refractivity contribution in [3.63, 3.8) is 0 Å². The molecule has 0 aliphatic rings. The van der Waals surface area contributed by atoms with Crippen LogP contribution in [0, 0.1) is 0 Å². The number of rotatable bonds is 1. The first-order valence-corrected chi connectivity index (χ1v) is 4.99. The highest BCUT2D eigenvalue weighted by Crippen LogP contribution is 2.36. The predicted octanol–water partition coefficient (Wildman–Crippen LogP) is 4.58. The quantitative estimate of drug-likeness (QED) is 0.696. The van der Waals surface area contributed by atoms with Gasteiger partial charge in [-0.3, -0.25) is 0 Å². The summed E-state index contributed by atoms with van der Waals surface area (Å²) in [5, 5.41) is 0.546. The summed E-state index contributed by atoms with van der Waals surface area (Å²) in [5.74, 6) is -0.766. The van der Waals surface area contributed by atoms with Gasteiger partial charge in [0, 0.05) is 5.39 Å². The summed E-state index contributed by atoms with van der Waals surface area (Å²) in [5.41, 5.74) is 1.16. The molecule has 0 saturated heterocycles. The monoisotopic (exact) mass is 228 g/mol. The molecule has 1 nitrogen and oxygen atoms in total. The van der Waals surface area contributed by atoms with E-state index in [2.05, 4.69) is 0 Å². The Kier molecular flexibility index (Phi) is 2.45. The number of halogens is 3. The SMILES string of the molecule is CC(C)c1cccc2oc(C(F)(F)F)cc12. The van der Waals surface area contributed by atoms with Gasteiger partial charge in [0.15, 0.2) is 0 Å². The van der Waals surface area contributed by atoms with Crippen molar-refractivity contribution in [3.8, 4) is 0 Å². The fourth-order valence-corrected chi connectivity index (χ4v) is 1.73. The molecule has 16 heavy (non-hydrogen) atoms. The van der Waals surface area contributed by atoms with Gasteiger partial charge < -0.3 is 4.42 Å². The lowest BCUT2D eigenvalue weighted by atomic mass is 9.99. The molecule has 4 heteroatoms. The summed E-state index contributed by atoms with van der Waals surface area (Å²) < 4.78 is 42.2. The molecule has 0 aliphatic heterocycles. The van der Waals surface area contributed by atoms with Crippen LogP contribution in [-0.4, -0.2) is 0 Å². The third-order valence-corrected chi connectivity index (χ3v) is 2.50. The largest absolute Gasteiger partial charge is 0.451 e. The summed E-state index contributed by atoms with van der Waals surface area (Å²) in [6, 6.07) is 6.16. The molecule has 0 radical (unpaired) electrons. The van der Waals surface area contributed by atoms with Gasteiger partial charge in [0.05, 0.1) is 0 Å². The summed E-state index contributed by atoms with van der Waals surface area (Å²) in [4.78, 5) is 0. The number of alkyl halides is 3. The molecule has 0 atom stereocenters. The fourth-order valence-electron chi connectivity index (χ4n) is 1.73. The molecule has 2 rings (SSSR count). The second-order valence-corrected chi connectivity index (χ2v) is 4.02. The van der Waals surface area contributed by atoms with Crippen molar-refractivity contribution in [3.05, 3.63) is 35.6 Å². The van der Waals surface area contributed by atoms with Gasteiger partial charge >= 0.3 is 6.18 Å². The zero-order valence-corrected chi connectivity index (χ0v) is 8.93. The highest BCUT2D eigenvalue weighted by molar-refractivity contribution is 5.82. The highest BCUT2D eigenvalue weighted by Gasteiger charge is 2.35. The minimum absolute atomic E-state index is 0.169. The van der Waals surface area contributed by atoms with Crippen LogP contribution in [0.2, 0.25) is 0 Å². The maximum Gasteiger partial charge on any atom is 0.449 e. The second kappa shape index (κ2) is 3.54. The van der Waals surface area contributed by atoms with E-state index in [9.17, 15) is 13.2 Å². The van der Waals surface area contributed by atoms with Gasteiger partial charge in [-0.15, -0.1) is 0 Å². The molecule has 0 unspecified atom stereocenters. The van der Waals surface area contributed by atoms with E-state index in [1.165, 1.54) is 0 Å². The Labute approximate surface area is 90.9 Å². The van der Waals surface area contributed by atoms with E-state index in [1.807, 2.05) is 19.9 Å². The maximum absolute atomic E-state index is 12.5. The van der Waals surface area contributed by atoms with Gasteiger partial charge in [-0.2, -0.15) is 13.2 Å². The molecule has 0 amide bonds. The van der Waals surface area contributed by atoms with Crippen LogP contribution in [0.1, 0.15) is 31.1 Å². The fraction of sp³-hybridized carbons (Fsp3) is 0.333. The maximum atomic E-state index is 12.5. The Bertz CT molecular complexity index is 508. The molecule has 0 fully saturated rings. The highest BCUT2D eigenvalue weighted by atomic mass is 19.4. The normalized spacial score (nSPS) is 12.6. The number of hydrogen-bond donors (Lipinski definition) is 0. The molecule has 0 N–H and O–H groups in total. The second-order valence-electron chi connectivity index (χ2n) is 4.02. The van der Waals surface area contributed by atoms with Crippen molar-refractivity contribution in [1.82, 2.24) is 0 Å². The third kappa shape index (κ3) is 1.79. The van der Waals surface area contributed by atoms with Crippen molar-refractivity contribution < 1.29 is 17.6 Å². The van der Waals surface area contributed by atoms with Gasteiger partial charge in [-0.1, -0.05) is 26.0 Å². The first-order valence-electron chi connectivity index (χ1n) is 4.99. The molecular formula is C12H11F3O. The summed E-state index contributed by atoms with van der Waals surface area (Å²) in [6.07, 6.45) is -4.42. The molecule has 0 bridgehead atoms. The van der Waals surface area contributed by atoms with E-state index in [-0.39, 0.29) is 5.92 Å². The standard InChI is InChI=1S/C12H11F3O/c1-7(2)8-4-3-5-10-9(8)6-11(16-10)12(13,14)15/h3-7H,1-2H3. The van der Waals surface area contributed by atoms with E-state index < -0.39 is 11.9 Å².